The standard InChI is InChI=1S/C45H92O2.C4H6S.C3H5N/c1-4-7-10-13-15-17-19-21-23-25-27-29-31-33-35-37-40-44(43-45(46,47)42-39-12-9-6-3)41-38-36-34-32-30-28-26-24-22-20-18-16-14-11-8-5-2;1-3-5-4-2;1-2-3-4/h44,46-47H,4-43H2,1-3H3;3-4H,1-2H2;2H2,1H3. The van der Waals surface area contributed by atoms with Crippen molar-refractivity contribution in [3.8, 4) is 6.07 Å². The normalized spacial score (nSPS) is 11.1. The lowest BCUT2D eigenvalue weighted by atomic mass is 9.86. The van der Waals surface area contributed by atoms with Gasteiger partial charge in [-0.3, -0.25) is 0 Å². The number of rotatable bonds is 43. The van der Waals surface area contributed by atoms with Gasteiger partial charge in [-0.05, 0) is 23.2 Å². The second-order valence-corrected chi connectivity index (χ2v) is 18.0. The molecule has 4 heteroatoms. The smallest absolute Gasteiger partial charge is 0.162 e. The van der Waals surface area contributed by atoms with E-state index in [2.05, 4.69) is 33.9 Å². The maximum Gasteiger partial charge on any atom is 0.162 e. The van der Waals surface area contributed by atoms with Crippen LogP contribution in [0, 0.1) is 17.2 Å². The summed E-state index contributed by atoms with van der Waals surface area (Å²) in [7, 11) is 0. The van der Waals surface area contributed by atoms with Crippen molar-refractivity contribution in [1.29, 1.82) is 5.26 Å². The molecule has 0 heterocycles. The highest BCUT2D eigenvalue weighted by Crippen LogP contribution is 2.29. The summed E-state index contributed by atoms with van der Waals surface area (Å²) in [4.78, 5) is 0. The number of nitriles is 1. The Balaban J connectivity index is -0.00000278. The fourth-order valence-electron chi connectivity index (χ4n) is 7.78. The van der Waals surface area contributed by atoms with Crippen molar-refractivity contribution in [3.05, 3.63) is 24.0 Å². The van der Waals surface area contributed by atoms with Crippen LogP contribution in [0.5, 0.6) is 0 Å². The molecule has 0 unspecified atom stereocenters. The van der Waals surface area contributed by atoms with Gasteiger partial charge in [0.1, 0.15) is 0 Å². The SMILES string of the molecule is C=CSC=C.CCC#N.CCCCCCCCCCCCCCCCCCC(CCCCCCCCCCCCCCCCCC)CC(O)(O)CCCCCC. The Morgan fingerprint density at radius 2 is 0.679 bits per heavy atom. The fourth-order valence-corrected chi connectivity index (χ4v) is 7.91. The predicted octanol–water partition coefficient (Wildman–Crippen LogP) is 18.9. The number of aliphatic hydroxyl groups is 2. The van der Waals surface area contributed by atoms with Crippen LogP contribution in [-0.4, -0.2) is 16.0 Å². The second-order valence-electron chi connectivity index (χ2n) is 17.0. The molecule has 0 amide bonds. The number of nitrogens with zero attached hydrogens (tertiary/aromatic N) is 1. The van der Waals surface area contributed by atoms with Gasteiger partial charge in [-0.15, -0.1) is 11.8 Å². The van der Waals surface area contributed by atoms with Crippen LogP contribution in [0.25, 0.3) is 0 Å². The van der Waals surface area contributed by atoms with Crippen molar-refractivity contribution in [2.45, 2.75) is 297 Å². The first-order chi connectivity index (χ1) is 27.4. The van der Waals surface area contributed by atoms with Crippen molar-refractivity contribution in [2.75, 3.05) is 0 Å². The van der Waals surface area contributed by atoms with Gasteiger partial charge in [0.15, 0.2) is 5.79 Å². The highest BCUT2D eigenvalue weighted by atomic mass is 32.2. The fraction of sp³-hybridized carbons (Fsp3) is 0.904. The third-order valence-corrected chi connectivity index (χ3v) is 11.7. The van der Waals surface area contributed by atoms with Crippen LogP contribution in [-0.2, 0) is 0 Å². The van der Waals surface area contributed by atoms with E-state index < -0.39 is 5.79 Å². The van der Waals surface area contributed by atoms with Crippen LogP contribution >= 0.6 is 11.8 Å². The molecule has 0 aliphatic rings. The molecule has 0 aliphatic carbocycles. The average Bonchev–Trinajstić information content (AvgIpc) is 3.19. The van der Waals surface area contributed by atoms with Gasteiger partial charge in [-0.2, -0.15) is 5.26 Å². The molecule has 0 aromatic heterocycles. The first-order valence-electron chi connectivity index (χ1n) is 25.1. The molecule has 56 heavy (non-hydrogen) atoms. The Hall–Kier alpha value is -0.760. The molecule has 0 radical (unpaired) electrons. The zero-order valence-corrected chi connectivity index (χ0v) is 39.7. The minimum Gasteiger partial charge on any atom is -0.366 e. The van der Waals surface area contributed by atoms with Crippen LogP contribution in [0.15, 0.2) is 24.0 Å². The second kappa shape index (κ2) is 54.2. The zero-order chi connectivity index (χ0) is 41.9. The average molecular weight is 806 g/mol. The molecule has 3 nitrogen and oxygen atoms in total. The number of hydrogen-bond donors (Lipinski definition) is 2. The lowest BCUT2D eigenvalue weighted by Crippen LogP contribution is -2.31. The summed E-state index contributed by atoms with van der Waals surface area (Å²) in [6.07, 6.45) is 53.7. The van der Waals surface area contributed by atoms with E-state index in [-0.39, 0.29) is 0 Å². The third kappa shape index (κ3) is 57.6. The summed E-state index contributed by atoms with van der Waals surface area (Å²) in [6, 6.07) is 1.93. The summed E-state index contributed by atoms with van der Waals surface area (Å²) >= 11 is 1.49. The molecule has 0 aliphatic heterocycles. The largest absolute Gasteiger partial charge is 0.366 e. The van der Waals surface area contributed by atoms with Crippen LogP contribution in [0.1, 0.15) is 291 Å². The van der Waals surface area contributed by atoms with Crippen LogP contribution in [0.2, 0.25) is 0 Å². The van der Waals surface area contributed by atoms with Gasteiger partial charge in [-0.1, -0.05) is 278 Å². The highest BCUT2D eigenvalue weighted by Gasteiger charge is 2.26. The molecule has 0 aromatic rings. The van der Waals surface area contributed by atoms with Crippen molar-refractivity contribution >= 4 is 11.8 Å². The maximum absolute atomic E-state index is 10.8. The van der Waals surface area contributed by atoms with E-state index in [4.69, 9.17) is 5.26 Å². The Morgan fingerprint density at radius 3 is 0.893 bits per heavy atom. The summed E-state index contributed by atoms with van der Waals surface area (Å²) < 4.78 is 0. The number of unbranched alkanes of at least 4 members (excludes halogenated alkanes) is 33. The number of thioether (sulfide) groups is 1. The van der Waals surface area contributed by atoms with Crippen molar-refractivity contribution in [2.24, 2.45) is 5.92 Å². The van der Waals surface area contributed by atoms with E-state index >= 15 is 0 Å². The predicted molar refractivity (Wildman–Crippen MR) is 256 cm³/mol. The Morgan fingerprint density at radius 1 is 0.446 bits per heavy atom. The summed E-state index contributed by atoms with van der Waals surface area (Å²) in [5.41, 5.74) is 0. The molecule has 334 valence electrons. The van der Waals surface area contributed by atoms with E-state index in [0.717, 1.165) is 12.8 Å². The first kappa shape index (κ1) is 59.6. The summed E-state index contributed by atoms with van der Waals surface area (Å²) in [5.74, 6) is -0.975. The minimum absolute atomic E-state index is 0.481. The quantitative estimate of drug-likeness (QED) is 0.0476. The third-order valence-electron chi connectivity index (χ3n) is 11.3. The topological polar surface area (TPSA) is 64.2 Å². The molecule has 0 rings (SSSR count). The Bertz CT molecular complexity index is 720. The molecule has 0 fully saturated rings. The van der Waals surface area contributed by atoms with Crippen molar-refractivity contribution in [1.82, 2.24) is 0 Å². The molecule has 2 N–H and O–H groups in total. The summed E-state index contributed by atoms with van der Waals surface area (Å²) in [6.45, 7) is 15.5. The minimum atomic E-state index is -1.46. The Kier molecular flexibility index (Phi) is 57.7. The van der Waals surface area contributed by atoms with Crippen LogP contribution in [0.3, 0.4) is 0 Å². The molecule has 0 atom stereocenters. The van der Waals surface area contributed by atoms with E-state index in [0.29, 0.717) is 25.2 Å². The molecule has 0 saturated carbocycles. The van der Waals surface area contributed by atoms with Gasteiger partial charge in [0.2, 0.25) is 0 Å². The van der Waals surface area contributed by atoms with Gasteiger partial charge in [0.05, 0.1) is 6.07 Å². The van der Waals surface area contributed by atoms with Gasteiger partial charge in [0.25, 0.3) is 0 Å². The van der Waals surface area contributed by atoms with E-state index in [1.54, 1.807) is 10.8 Å². The van der Waals surface area contributed by atoms with Crippen LogP contribution in [0.4, 0.5) is 0 Å². The van der Waals surface area contributed by atoms with Crippen molar-refractivity contribution < 1.29 is 10.2 Å². The van der Waals surface area contributed by atoms with E-state index in [1.807, 2.05) is 13.0 Å². The molecule has 0 saturated heterocycles. The van der Waals surface area contributed by atoms with Gasteiger partial charge < -0.3 is 10.2 Å². The Labute approximate surface area is 358 Å². The monoisotopic (exact) mass is 806 g/mol. The highest BCUT2D eigenvalue weighted by molar-refractivity contribution is 8.04. The summed E-state index contributed by atoms with van der Waals surface area (Å²) in [5, 5.41) is 32.7. The molecular formula is C52H103NO2S. The van der Waals surface area contributed by atoms with E-state index in [9.17, 15) is 10.2 Å². The van der Waals surface area contributed by atoms with Gasteiger partial charge >= 0.3 is 0 Å². The molecule has 0 aromatic carbocycles. The first-order valence-corrected chi connectivity index (χ1v) is 26.0. The number of hydrogen-bond acceptors (Lipinski definition) is 4. The lowest BCUT2D eigenvalue weighted by Gasteiger charge is -2.27. The van der Waals surface area contributed by atoms with E-state index in [1.165, 1.54) is 243 Å². The lowest BCUT2D eigenvalue weighted by molar-refractivity contribution is -0.180. The molecule has 0 bridgehead atoms. The van der Waals surface area contributed by atoms with Gasteiger partial charge in [0, 0.05) is 19.3 Å². The van der Waals surface area contributed by atoms with Crippen LogP contribution < -0.4 is 0 Å². The van der Waals surface area contributed by atoms with Crippen molar-refractivity contribution in [3.63, 3.8) is 0 Å². The van der Waals surface area contributed by atoms with Gasteiger partial charge in [-0.25, -0.2) is 0 Å². The maximum atomic E-state index is 10.8. The molecular weight excluding hydrogens is 703 g/mol. The molecule has 0 spiro atoms. The zero-order valence-electron chi connectivity index (χ0n) is 38.9.